The zero-order chi connectivity index (χ0) is 18.3. The quantitative estimate of drug-likeness (QED) is 0.627. The second-order valence-corrected chi connectivity index (χ2v) is 6.45. The highest BCUT2D eigenvalue weighted by atomic mass is 16.6. The van der Waals surface area contributed by atoms with E-state index < -0.39 is 16.6 Å². The second kappa shape index (κ2) is 5.93. The van der Waals surface area contributed by atoms with Gasteiger partial charge in [0.2, 0.25) is 5.91 Å². The standard InChI is InChI=1S/C19H15N3O4/c20-12-19(14-8-4-5-9-15(14)22(24)25)10-17(23)21-16(11-26-18(19)21)13-6-2-1-3-7-13/h1-9,16,18H,10-11H2/t16-,18-,19+/m0/s1. The number of carbonyl (C=O) groups is 1. The Morgan fingerprint density at radius 1 is 1.19 bits per heavy atom. The van der Waals surface area contributed by atoms with E-state index in [0.29, 0.717) is 0 Å². The van der Waals surface area contributed by atoms with E-state index >= 15 is 0 Å². The lowest BCUT2D eigenvalue weighted by Crippen LogP contribution is -2.40. The molecular formula is C19H15N3O4. The average molecular weight is 349 g/mol. The minimum atomic E-state index is -1.40. The fourth-order valence-corrected chi connectivity index (χ4v) is 3.93. The fraction of sp³-hybridized carbons (Fsp3) is 0.263. The monoisotopic (exact) mass is 349 g/mol. The van der Waals surface area contributed by atoms with E-state index in [1.807, 2.05) is 30.3 Å². The molecule has 7 nitrogen and oxygen atoms in total. The Morgan fingerprint density at radius 2 is 1.88 bits per heavy atom. The highest BCUT2D eigenvalue weighted by molar-refractivity contribution is 5.84. The second-order valence-electron chi connectivity index (χ2n) is 6.45. The van der Waals surface area contributed by atoms with E-state index in [2.05, 4.69) is 6.07 Å². The summed E-state index contributed by atoms with van der Waals surface area (Å²) in [6.45, 7) is 0.254. The van der Waals surface area contributed by atoms with E-state index in [1.165, 1.54) is 12.1 Å². The summed E-state index contributed by atoms with van der Waals surface area (Å²) in [5, 5.41) is 21.4. The third kappa shape index (κ3) is 2.20. The first-order valence-corrected chi connectivity index (χ1v) is 8.21. The molecule has 0 radical (unpaired) electrons. The van der Waals surface area contributed by atoms with Crippen LogP contribution in [0.25, 0.3) is 0 Å². The summed E-state index contributed by atoms with van der Waals surface area (Å²) in [7, 11) is 0. The predicted octanol–water partition coefficient (Wildman–Crippen LogP) is 2.69. The lowest BCUT2D eigenvalue weighted by molar-refractivity contribution is -0.386. The first-order valence-electron chi connectivity index (χ1n) is 8.21. The molecule has 0 aromatic heterocycles. The van der Waals surface area contributed by atoms with Crippen molar-refractivity contribution >= 4 is 11.6 Å². The molecule has 1 amide bonds. The van der Waals surface area contributed by atoms with Gasteiger partial charge in [-0.3, -0.25) is 14.9 Å². The molecule has 0 N–H and O–H groups in total. The van der Waals surface area contributed by atoms with Gasteiger partial charge in [-0.15, -0.1) is 0 Å². The molecule has 2 aromatic carbocycles. The van der Waals surface area contributed by atoms with Crippen molar-refractivity contribution in [3.63, 3.8) is 0 Å². The zero-order valence-electron chi connectivity index (χ0n) is 13.7. The minimum absolute atomic E-state index is 0.137. The van der Waals surface area contributed by atoms with Crippen LogP contribution in [0, 0.1) is 21.4 Å². The molecule has 0 bridgehead atoms. The number of nitro benzene ring substituents is 1. The van der Waals surface area contributed by atoms with Gasteiger partial charge in [0.25, 0.3) is 5.69 Å². The van der Waals surface area contributed by atoms with Crippen molar-refractivity contribution in [3.05, 3.63) is 75.8 Å². The molecule has 7 heteroatoms. The van der Waals surface area contributed by atoms with E-state index in [4.69, 9.17) is 4.74 Å². The highest BCUT2D eigenvalue weighted by Gasteiger charge is 2.61. The Hall–Kier alpha value is -3.24. The summed E-state index contributed by atoms with van der Waals surface area (Å²) in [4.78, 5) is 25.3. The van der Waals surface area contributed by atoms with Gasteiger partial charge in [0.1, 0.15) is 5.41 Å². The van der Waals surface area contributed by atoms with E-state index in [9.17, 15) is 20.2 Å². The molecular weight excluding hydrogens is 334 g/mol. The van der Waals surface area contributed by atoms with E-state index in [1.54, 1.807) is 17.0 Å². The van der Waals surface area contributed by atoms with Crippen molar-refractivity contribution in [1.29, 1.82) is 5.26 Å². The number of hydrogen-bond donors (Lipinski definition) is 0. The molecule has 0 saturated carbocycles. The smallest absolute Gasteiger partial charge is 0.274 e. The fourth-order valence-electron chi connectivity index (χ4n) is 3.93. The molecule has 130 valence electrons. The van der Waals surface area contributed by atoms with Crippen LogP contribution in [0.1, 0.15) is 23.6 Å². The van der Waals surface area contributed by atoms with Crippen LogP contribution in [0.4, 0.5) is 5.69 Å². The Labute approximate surface area is 149 Å². The molecule has 2 aliphatic heterocycles. The number of nitro groups is 1. The van der Waals surface area contributed by atoms with Gasteiger partial charge < -0.3 is 9.64 Å². The number of carbonyl (C=O) groups excluding carboxylic acids is 1. The topological polar surface area (TPSA) is 96.5 Å². The Bertz CT molecular complexity index is 924. The van der Waals surface area contributed by atoms with Gasteiger partial charge in [-0.2, -0.15) is 5.26 Å². The summed E-state index contributed by atoms with van der Waals surface area (Å²) in [5.74, 6) is -0.235. The number of hydrogen-bond acceptors (Lipinski definition) is 5. The third-order valence-electron chi connectivity index (χ3n) is 5.11. The van der Waals surface area contributed by atoms with Crippen LogP contribution in [0.5, 0.6) is 0 Å². The zero-order valence-corrected chi connectivity index (χ0v) is 13.7. The maximum atomic E-state index is 12.8. The average Bonchev–Trinajstić information content (AvgIpc) is 3.23. The van der Waals surface area contributed by atoms with Crippen LogP contribution < -0.4 is 0 Å². The molecule has 2 fully saturated rings. The van der Waals surface area contributed by atoms with Gasteiger partial charge in [-0.05, 0) is 5.56 Å². The van der Waals surface area contributed by atoms with Gasteiger partial charge in [-0.1, -0.05) is 48.5 Å². The first kappa shape index (κ1) is 16.2. The van der Waals surface area contributed by atoms with Gasteiger partial charge in [0.15, 0.2) is 6.23 Å². The SMILES string of the molecule is N#C[C@@]1(c2ccccc2[N+](=O)[O-])CC(=O)N2[C@H]1OC[C@H]2c1ccccc1. The predicted molar refractivity (Wildman–Crippen MR) is 90.8 cm³/mol. The number of benzene rings is 2. The van der Waals surface area contributed by atoms with E-state index in [-0.39, 0.29) is 36.2 Å². The van der Waals surface area contributed by atoms with Crippen LogP contribution in [-0.2, 0) is 14.9 Å². The lowest BCUT2D eigenvalue weighted by atomic mass is 9.78. The van der Waals surface area contributed by atoms with Crippen molar-refractivity contribution in [3.8, 4) is 6.07 Å². The van der Waals surface area contributed by atoms with Crippen LogP contribution in [-0.4, -0.2) is 28.6 Å². The normalized spacial score (nSPS) is 27.2. The summed E-state index contributed by atoms with van der Waals surface area (Å²) in [5.41, 5.74) is -0.429. The van der Waals surface area contributed by atoms with E-state index in [0.717, 1.165) is 5.56 Å². The molecule has 0 aliphatic carbocycles. The lowest BCUT2D eigenvalue weighted by Gasteiger charge is -2.28. The number of rotatable bonds is 3. The van der Waals surface area contributed by atoms with Crippen molar-refractivity contribution in [2.75, 3.05) is 6.61 Å². The summed E-state index contributed by atoms with van der Waals surface area (Å²) in [6, 6.07) is 17.4. The number of ether oxygens (including phenoxy) is 1. The number of amides is 1. The van der Waals surface area contributed by atoms with Crippen LogP contribution in [0.3, 0.4) is 0 Å². The largest absolute Gasteiger partial charge is 0.354 e. The third-order valence-corrected chi connectivity index (χ3v) is 5.11. The van der Waals surface area contributed by atoms with Crippen molar-refractivity contribution in [1.82, 2.24) is 4.90 Å². The molecule has 2 aliphatic rings. The summed E-state index contributed by atoms with van der Waals surface area (Å²) in [6.07, 6.45) is -0.978. The molecule has 0 spiro atoms. The van der Waals surface area contributed by atoms with Crippen molar-refractivity contribution in [2.45, 2.75) is 24.1 Å². The Kier molecular flexibility index (Phi) is 3.71. The summed E-state index contributed by atoms with van der Waals surface area (Å²) >= 11 is 0. The van der Waals surface area contributed by atoms with Crippen LogP contribution in [0.2, 0.25) is 0 Å². The Morgan fingerprint density at radius 3 is 2.58 bits per heavy atom. The Balaban J connectivity index is 1.81. The number of nitriles is 1. The maximum absolute atomic E-state index is 12.8. The first-order chi connectivity index (χ1) is 12.6. The molecule has 3 atom stereocenters. The molecule has 0 unspecified atom stereocenters. The van der Waals surface area contributed by atoms with Crippen molar-refractivity contribution < 1.29 is 14.5 Å². The number of fused-ring (bicyclic) bond motifs is 1. The van der Waals surface area contributed by atoms with Crippen molar-refractivity contribution in [2.24, 2.45) is 0 Å². The van der Waals surface area contributed by atoms with Gasteiger partial charge in [-0.25, -0.2) is 0 Å². The van der Waals surface area contributed by atoms with Crippen LogP contribution >= 0.6 is 0 Å². The van der Waals surface area contributed by atoms with Gasteiger partial charge in [0.05, 0.1) is 35.6 Å². The molecule has 4 rings (SSSR count). The summed E-state index contributed by atoms with van der Waals surface area (Å²) < 4.78 is 5.87. The van der Waals surface area contributed by atoms with Gasteiger partial charge >= 0.3 is 0 Å². The highest BCUT2D eigenvalue weighted by Crippen LogP contribution is 2.50. The molecule has 26 heavy (non-hydrogen) atoms. The maximum Gasteiger partial charge on any atom is 0.274 e. The molecule has 2 aromatic rings. The van der Waals surface area contributed by atoms with Crippen LogP contribution in [0.15, 0.2) is 54.6 Å². The number of nitrogens with zero attached hydrogens (tertiary/aromatic N) is 3. The number of para-hydroxylation sites is 1. The molecule has 2 saturated heterocycles. The molecule has 2 heterocycles. The minimum Gasteiger partial charge on any atom is -0.354 e. The van der Waals surface area contributed by atoms with Gasteiger partial charge in [0, 0.05) is 6.07 Å².